The molecule has 3 aromatic heterocycles. The van der Waals surface area contributed by atoms with Crippen LogP contribution in [0.25, 0.3) is 38.8 Å². The van der Waals surface area contributed by atoms with E-state index in [1.165, 1.54) is 39.7 Å². The van der Waals surface area contributed by atoms with Crippen molar-refractivity contribution in [2.24, 2.45) is 0 Å². The van der Waals surface area contributed by atoms with Gasteiger partial charge in [0, 0.05) is 26.8 Å². The lowest BCUT2D eigenvalue weighted by Gasteiger charge is -2.26. The van der Waals surface area contributed by atoms with E-state index in [0.29, 0.717) is 0 Å². The summed E-state index contributed by atoms with van der Waals surface area (Å²) in [5.41, 5.74) is 8.68. The number of aliphatic carboxylic acids is 1. The van der Waals surface area contributed by atoms with Gasteiger partial charge in [0.1, 0.15) is 11.6 Å². The first-order valence-corrected chi connectivity index (χ1v) is 15.4. The zero-order valence-corrected chi connectivity index (χ0v) is 24.0. The van der Waals surface area contributed by atoms with Gasteiger partial charge in [-0.3, -0.25) is 0 Å². The van der Waals surface area contributed by atoms with Crippen LogP contribution in [-0.4, -0.2) is 11.1 Å². The molecule has 0 radical (unpaired) electrons. The van der Waals surface area contributed by atoms with Gasteiger partial charge in [-0.25, -0.2) is 4.79 Å². The van der Waals surface area contributed by atoms with E-state index in [-0.39, 0.29) is 5.57 Å². The van der Waals surface area contributed by atoms with Gasteiger partial charge in [-0.05, 0) is 116 Å². The predicted octanol–water partition coefficient (Wildman–Crippen LogP) is 10.3. The minimum absolute atomic E-state index is 0.278. The topological polar surface area (TPSA) is 64.3 Å². The molecule has 3 aromatic carbocycles. The molecule has 0 spiro atoms. The Labute approximate surface area is 250 Å². The number of nitriles is 1. The number of hydrogen-bond donors (Lipinski definition) is 1. The molecule has 1 N–H and O–H groups in total. The van der Waals surface area contributed by atoms with Gasteiger partial charge in [-0.15, -0.1) is 11.3 Å². The summed E-state index contributed by atoms with van der Waals surface area (Å²) in [6.45, 7) is 0. The largest absolute Gasteiger partial charge is 0.477 e. The molecule has 0 aliphatic rings. The third kappa shape index (κ3) is 5.76. The number of carboxylic acids is 1. The summed E-state index contributed by atoms with van der Waals surface area (Å²) in [5.74, 6) is -1.22. The molecule has 41 heavy (non-hydrogen) atoms. The molecule has 0 saturated carbocycles. The van der Waals surface area contributed by atoms with Gasteiger partial charge in [0.05, 0.1) is 0 Å². The highest BCUT2D eigenvalue weighted by atomic mass is 32.1. The van der Waals surface area contributed by atoms with Gasteiger partial charge in [0.15, 0.2) is 0 Å². The minimum Gasteiger partial charge on any atom is -0.477 e. The van der Waals surface area contributed by atoms with Gasteiger partial charge < -0.3 is 10.0 Å². The summed E-state index contributed by atoms with van der Waals surface area (Å²) in [5, 5.41) is 26.7. The summed E-state index contributed by atoms with van der Waals surface area (Å²) in [4.78, 5) is 15.2. The van der Waals surface area contributed by atoms with Gasteiger partial charge >= 0.3 is 5.97 Å². The Kier molecular flexibility index (Phi) is 7.61. The van der Waals surface area contributed by atoms with Crippen molar-refractivity contribution in [2.45, 2.75) is 0 Å². The average molecular weight is 587 g/mol. The van der Waals surface area contributed by atoms with Crippen LogP contribution in [0.15, 0.2) is 124 Å². The highest BCUT2D eigenvalue weighted by Gasteiger charge is 2.14. The van der Waals surface area contributed by atoms with E-state index in [9.17, 15) is 4.79 Å². The van der Waals surface area contributed by atoms with Crippen LogP contribution in [0, 0.1) is 11.3 Å². The molecule has 0 fully saturated rings. The Balaban J connectivity index is 1.34. The van der Waals surface area contributed by atoms with Gasteiger partial charge in [-0.2, -0.15) is 27.9 Å². The first-order chi connectivity index (χ1) is 20.1. The van der Waals surface area contributed by atoms with E-state index in [4.69, 9.17) is 10.4 Å². The third-order valence-corrected chi connectivity index (χ3v) is 9.08. The number of anilines is 3. The lowest BCUT2D eigenvalue weighted by molar-refractivity contribution is -0.132. The highest BCUT2D eigenvalue weighted by molar-refractivity contribution is 7.16. The van der Waals surface area contributed by atoms with Crippen LogP contribution in [0.3, 0.4) is 0 Å². The summed E-state index contributed by atoms with van der Waals surface area (Å²) >= 11 is 4.84. The van der Waals surface area contributed by atoms with Crippen molar-refractivity contribution in [3.8, 4) is 38.8 Å². The fourth-order valence-corrected chi connectivity index (χ4v) is 6.84. The molecule has 0 amide bonds. The Morgan fingerprint density at radius 2 is 1.15 bits per heavy atom. The van der Waals surface area contributed by atoms with Gasteiger partial charge in [0.2, 0.25) is 0 Å². The number of thiophene rings is 3. The first kappa shape index (κ1) is 26.5. The number of rotatable bonds is 8. The molecule has 0 unspecified atom stereocenters. The summed E-state index contributed by atoms with van der Waals surface area (Å²) in [6, 6.07) is 35.4. The maximum atomic E-state index is 11.2. The SMILES string of the molecule is N#C/C(=C\c1ccc(-c2ccc(N(c3ccc(-c4ccsc4)cc3)c3ccc(-c4ccsc4)cc3)cc2)s1)C(=O)O. The van der Waals surface area contributed by atoms with E-state index in [1.807, 2.05) is 12.1 Å². The molecule has 3 heterocycles. The molecule has 4 nitrogen and oxygen atoms in total. The van der Waals surface area contributed by atoms with Crippen LogP contribution < -0.4 is 4.90 Å². The maximum absolute atomic E-state index is 11.2. The normalized spacial score (nSPS) is 11.2. The molecule has 198 valence electrons. The molecule has 0 saturated heterocycles. The second-order valence-corrected chi connectivity index (χ2v) is 11.9. The number of benzene rings is 3. The van der Waals surface area contributed by atoms with Gasteiger partial charge in [0.25, 0.3) is 0 Å². The fraction of sp³-hybridized carbons (Fsp3) is 0. The summed E-state index contributed by atoms with van der Waals surface area (Å²) < 4.78 is 0. The summed E-state index contributed by atoms with van der Waals surface area (Å²) in [7, 11) is 0. The molecule has 0 aliphatic heterocycles. The van der Waals surface area contributed by atoms with Crippen molar-refractivity contribution in [3.05, 3.63) is 129 Å². The van der Waals surface area contributed by atoms with Crippen molar-refractivity contribution in [1.82, 2.24) is 0 Å². The molecule has 0 atom stereocenters. The number of nitrogens with zero attached hydrogens (tertiary/aromatic N) is 2. The monoisotopic (exact) mass is 586 g/mol. The Bertz CT molecular complexity index is 1760. The van der Waals surface area contributed by atoms with Crippen LogP contribution in [0.4, 0.5) is 17.1 Å². The van der Waals surface area contributed by atoms with Crippen molar-refractivity contribution < 1.29 is 9.90 Å². The molecule has 6 aromatic rings. The number of carboxylic acid groups (broad SMARTS) is 1. The minimum atomic E-state index is -1.22. The number of hydrogen-bond acceptors (Lipinski definition) is 6. The standard InChI is InChI=1S/C34H22N2O2S3/c35-20-28(34(37)38)19-32-13-14-33(41-32)25-5-11-31(12-6-25)36(29-7-1-23(2-8-29)26-15-17-39-21-26)30-9-3-24(4-10-30)27-16-18-40-22-27/h1-19,21-22H,(H,37,38)/b28-19+. The Hall–Kier alpha value is -4.74. The average Bonchev–Trinajstić information content (AvgIpc) is 3.81. The van der Waals surface area contributed by atoms with Crippen LogP contribution in [-0.2, 0) is 4.79 Å². The van der Waals surface area contributed by atoms with Crippen LogP contribution in [0.5, 0.6) is 0 Å². The smallest absolute Gasteiger partial charge is 0.346 e. The van der Waals surface area contributed by atoms with Crippen molar-refractivity contribution in [3.63, 3.8) is 0 Å². The third-order valence-electron chi connectivity index (χ3n) is 6.63. The zero-order chi connectivity index (χ0) is 28.2. The molecule has 7 heteroatoms. The van der Waals surface area contributed by atoms with Gasteiger partial charge in [-0.1, -0.05) is 36.4 Å². The molecule has 0 aliphatic carbocycles. The van der Waals surface area contributed by atoms with Crippen LogP contribution in [0.2, 0.25) is 0 Å². The molecule has 0 bridgehead atoms. The fourth-order valence-electron chi connectivity index (χ4n) is 4.55. The highest BCUT2D eigenvalue weighted by Crippen LogP contribution is 2.38. The number of carbonyl (C=O) groups is 1. The Morgan fingerprint density at radius 1 is 0.659 bits per heavy atom. The van der Waals surface area contributed by atoms with E-state index >= 15 is 0 Å². The van der Waals surface area contributed by atoms with Crippen molar-refractivity contribution >= 4 is 63.1 Å². The van der Waals surface area contributed by atoms with E-state index < -0.39 is 5.97 Å². The van der Waals surface area contributed by atoms with Crippen molar-refractivity contribution in [1.29, 1.82) is 5.26 Å². The van der Waals surface area contributed by atoms with E-state index in [2.05, 4.69) is 111 Å². The van der Waals surface area contributed by atoms with Crippen molar-refractivity contribution in [2.75, 3.05) is 4.90 Å². The molecular weight excluding hydrogens is 565 g/mol. The predicted molar refractivity (Wildman–Crippen MR) is 172 cm³/mol. The Morgan fingerprint density at radius 3 is 1.56 bits per heavy atom. The lowest BCUT2D eigenvalue weighted by Crippen LogP contribution is -2.09. The summed E-state index contributed by atoms with van der Waals surface area (Å²) in [6.07, 6.45) is 1.41. The second-order valence-electron chi connectivity index (χ2n) is 9.18. The van der Waals surface area contributed by atoms with Crippen LogP contribution in [0.1, 0.15) is 4.88 Å². The maximum Gasteiger partial charge on any atom is 0.346 e. The first-order valence-electron chi connectivity index (χ1n) is 12.7. The molecular formula is C34H22N2O2S3. The lowest BCUT2D eigenvalue weighted by atomic mass is 10.1. The zero-order valence-electron chi connectivity index (χ0n) is 21.6. The quantitative estimate of drug-likeness (QED) is 0.142. The second kappa shape index (κ2) is 11.8. The van der Waals surface area contributed by atoms with E-state index in [0.717, 1.165) is 32.4 Å². The molecule has 6 rings (SSSR count). The van der Waals surface area contributed by atoms with E-state index in [1.54, 1.807) is 28.7 Å². The van der Waals surface area contributed by atoms with Crippen LogP contribution >= 0.6 is 34.0 Å².